The summed E-state index contributed by atoms with van der Waals surface area (Å²) in [5.41, 5.74) is 0. The maximum absolute atomic E-state index is 12.3. The van der Waals surface area contributed by atoms with Crippen LogP contribution in [0.2, 0.25) is 0 Å². The molecule has 0 amide bonds. The molecule has 59 heavy (non-hydrogen) atoms. The van der Waals surface area contributed by atoms with Crippen molar-refractivity contribution in [2.24, 2.45) is 23.7 Å². The molecule has 0 aromatic heterocycles. The summed E-state index contributed by atoms with van der Waals surface area (Å²) in [7, 11) is 0. The molecule has 0 aromatic rings. The first kappa shape index (κ1) is 53.1. The van der Waals surface area contributed by atoms with E-state index in [2.05, 4.69) is 55.2 Å². The van der Waals surface area contributed by atoms with Gasteiger partial charge in [-0.3, -0.25) is 19.2 Å². The lowest BCUT2D eigenvalue weighted by Gasteiger charge is -2.22. The number of unbranched alkanes of at least 4 members (excludes halogenated alkanes) is 14. The second kappa shape index (κ2) is 34.9. The minimum Gasteiger partial charge on any atom is -0.513 e. The van der Waals surface area contributed by atoms with Crippen LogP contribution in [0.3, 0.4) is 0 Å². The average Bonchev–Trinajstić information content (AvgIpc) is 3.54. The van der Waals surface area contributed by atoms with E-state index < -0.39 is 23.8 Å². The van der Waals surface area contributed by atoms with Gasteiger partial charge in [0.2, 0.25) is 0 Å². The van der Waals surface area contributed by atoms with Crippen LogP contribution in [0, 0.1) is 23.7 Å². The van der Waals surface area contributed by atoms with Crippen molar-refractivity contribution in [2.45, 2.75) is 187 Å². The van der Waals surface area contributed by atoms with E-state index in [1.807, 2.05) is 32.1 Å². The van der Waals surface area contributed by atoms with Crippen molar-refractivity contribution < 1.29 is 43.6 Å². The molecular formula is C50H80O9. The third-order valence-electron chi connectivity index (χ3n) is 11.1. The van der Waals surface area contributed by atoms with Crippen molar-refractivity contribution >= 4 is 23.9 Å². The van der Waals surface area contributed by atoms with Crippen LogP contribution in [0.5, 0.6) is 0 Å². The number of esters is 3. The van der Waals surface area contributed by atoms with Gasteiger partial charge >= 0.3 is 23.9 Å². The van der Waals surface area contributed by atoms with Gasteiger partial charge in [0.15, 0.2) is 0 Å². The fraction of sp³-hybridized carbons (Fsp3) is 0.680. The van der Waals surface area contributed by atoms with Gasteiger partial charge in [-0.1, -0.05) is 153 Å². The second-order valence-corrected chi connectivity index (χ2v) is 16.2. The zero-order chi connectivity index (χ0) is 43.5. The van der Waals surface area contributed by atoms with E-state index in [4.69, 9.17) is 9.47 Å². The number of carboxylic acids is 1. The van der Waals surface area contributed by atoms with E-state index in [-0.39, 0.29) is 55.0 Å². The fourth-order valence-corrected chi connectivity index (χ4v) is 7.38. The number of carboxylic acid groups (broad SMARTS) is 1. The lowest BCUT2D eigenvalue weighted by atomic mass is 9.83. The summed E-state index contributed by atoms with van der Waals surface area (Å²) < 4.78 is 16.2. The molecule has 1 heterocycles. The number of hydrogen-bond acceptors (Lipinski definition) is 8. The molecule has 1 fully saturated rings. The summed E-state index contributed by atoms with van der Waals surface area (Å²) in [6.45, 7) is 14.3. The standard InChI is InChI=1S/C50H80O9/c1-6-9-10-11-23-29-34-43(45(41(5)51)37-47(52)53)35-30-25-21-20-22-27-32-40(4)58-44(8-3)39-57-48(54)36-31-26-19-17-15-13-12-14-16-18-24-28-33-42(7-2)46-38-49(55)59-50(46)56/h12,14,18,24,28,30,33,35,42-46,51H,4-11,13,15-17,19-23,25-27,29,31-32,34,36-39H2,1-3H3,(H,52,53)/b14-12-,24-18-,33-28+,35-30+. The summed E-state index contributed by atoms with van der Waals surface area (Å²) in [4.78, 5) is 47.0. The van der Waals surface area contributed by atoms with Crippen LogP contribution in [0.25, 0.3) is 0 Å². The number of hydrogen-bond donors (Lipinski definition) is 2. The highest BCUT2D eigenvalue weighted by atomic mass is 16.6. The number of allylic oxidation sites excluding steroid dienone is 10. The van der Waals surface area contributed by atoms with E-state index in [9.17, 15) is 29.4 Å². The van der Waals surface area contributed by atoms with Gasteiger partial charge in [-0.15, -0.1) is 0 Å². The Kier molecular flexibility index (Phi) is 31.5. The van der Waals surface area contributed by atoms with Crippen LogP contribution in [-0.2, 0) is 33.4 Å². The number of cyclic esters (lactones) is 2. The molecular weight excluding hydrogens is 745 g/mol. The first-order chi connectivity index (χ1) is 28.5. The first-order valence-corrected chi connectivity index (χ1v) is 23.0. The molecule has 2 N–H and O–H groups in total. The van der Waals surface area contributed by atoms with E-state index >= 15 is 0 Å². The summed E-state index contributed by atoms with van der Waals surface area (Å²) in [6, 6.07) is 0. The third kappa shape index (κ3) is 27.5. The van der Waals surface area contributed by atoms with Gasteiger partial charge < -0.3 is 24.4 Å². The third-order valence-corrected chi connectivity index (χ3v) is 11.1. The minimum absolute atomic E-state index is 0.0172. The molecule has 5 unspecified atom stereocenters. The van der Waals surface area contributed by atoms with Crippen LogP contribution in [0.1, 0.15) is 181 Å². The molecule has 1 rings (SSSR count). The van der Waals surface area contributed by atoms with Gasteiger partial charge in [-0.25, -0.2) is 0 Å². The Morgan fingerprint density at radius 1 is 0.763 bits per heavy atom. The highest BCUT2D eigenvalue weighted by molar-refractivity contribution is 5.94. The van der Waals surface area contributed by atoms with Crippen LogP contribution in [-0.4, -0.2) is 46.8 Å². The van der Waals surface area contributed by atoms with E-state index in [0.29, 0.717) is 6.42 Å². The Morgan fingerprint density at radius 2 is 1.41 bits per heavy atom. The molecule has 9 heteroatoms. The zero-order valence-electron chi connectivity index (χ0n) is 37.1. The molecule has 9 nitrogen and oxygen atoms in total. The van der Waals surface area contributed by atoms with Gasteiger partial charge in [-0.2, -0.15) is 0 Å². The average molecular weight is 825 g/mol. The largest absolute Gasteiger partial charge is 0.513 e. The van der Waals surface area contributed by atoms with Crippen molar-refractivity contribution in [1.82, 2.24) is 0 Å². The quantitative estimate of drug-likeness (QED) is 0.0156. The molecule has 0 radical (unpaired) electrons. The molecule has 0 bridgehead atoms. The predicted octanol–water partition coefficient (Wildman–Crippen LogP) is 13.2. The van der Waals surface area contributed by atoms with Gasteiger partial charge in [0.05, 0.1) is 30.3 Å². The van der Waals surface area contributed by atoms with Crippen molar-refractivity contribution in [3.8, 4) is 0 Å². The lowest BCUT2D eigenvalue weighted by Crippen LogP contribution is -2.21. The Hall–Kier alpha value is -3.88. The Morgan fingerprint density at radius 3 is 2.03 bits per heavy atom. The van der Waals surface area contributed by atoms with Crippen LogP contribution in [0.15, 0.2) is 73.3 Å². The highest BCUT2D eigenvalue weighted by Gasteiger charge is 2.37. The monoisotopic (exact) mass is 825 g/mol. The van der Waals surface area contributed by atoms with Crippen molar-refractivity contribution in [2.75, 3.05) is 6.61 Å². The number of carbonyl (C=O) groups excluding carboxylic acids is 3. The molecule has 1 saturated heterocycles. The van der Waals surface area contributed by atoms with Crippen molar-refractivity contribution in [3.63, 3.8) is 0 Å². The first-order valence-electron chi connectivity index (χ1n) is 23.0. The molecule has 1 aliphatic rings. The summed E-state index contributed by atoms with van der Waals surface area (Å²) in [6.07, 6.45) is 39.2. The summed E-state index contributed by atoms with van der Waals surface area (Å²) in [5, 5.41) is 19.5. The molecule has 0 saturated carbocycles. The topological polar surface area (TPSA) is 136 Å². The number of ether oxygens (including phenoxy) is 3. The van der Waals surface area contributed by atoms with E-state index in [0.717, 1.165) is 121 Å². The molecule has 1 aliphatic heterocycles. The maximum atomic E-state index is 12.3. The minimum atomic E-state index is -0.912. The maximum Gasteiger partial charge on any atom is 0.317 e. The number of rotatable bonds is 38. The normalized spacial score (nSPS) is 16.6. The smallest absolute Gasteiger partial charge is 0.317 e. The van der Waals surface area contributed by atoms with Crippen LogP contribution in [0.4, 0.5) is 0 Å². The number of carbonyl (C=O) groups is 4. The molecule has 334 valence electrons. The van der Waals surface area contributed by atoms with Crippen LogP contribution >= 0.6 is 0 Å². The second-order valence-electron chi connectivity index (χ2n) is 16.2. The highest BCUT2D eigenvalue weighted by Crippen LogP contribution is 2.30. The number of aliphatic hydroxyl groups excluding tert-OH is 1. The SMILES string of the molecule is C=C(CCCCCC/C=C/C(CCCCCCCC)C(CC(=O)O)C(=C)O)OC(CC)COC(=O)CCCCCCC/C=C\C/C=C\C=C\C(CC)C1CC(=O)OC1=O. The summed E-state index contributed by atoms with van der Waals surface area (Å²) in [5.74, 6) is -2.04. The molecule has 0 spiro atoms. The van der Waals surface area contributed by atoms with E-state index in [1.165, 1.54) is 25.7 Å². The van der Waals surface area contributed by atoms with Crippen molar-refractivity contribution in [1.29, 1.82) is 0 Å². The van der Waals surface area contributed by atoms with Gasteiger partial charge in [0.25, 0.3) is 0 Å². The molecule has 0 aromatic carbocycles. The van der Waals surface area contributed by atoms with Gasteiger partial charge in [0.1, 0.15) is 12.7 Å². The van der Waals surface area contributed by atoms with Gasteiger partial charge in [0, 0.05) is 18.8 Å². The lowest BCUT2D eigenvalue weighted by molar-refractivity contribution is -0.153. The molecule has 0 aliphatic carbocycles. The Labute approximate surface area is 357 Å². The Balaban J connectivity index is 2.15. The number of aliphatic hydroxyl groups is 1. The van der Waals surface area contributed by atoms with E-state index in [1.54, 1.807) is 0 Å². The Bertz CT molecular complexity index is 1330. The molecule has 5 atom stereocenters. The predicted molar refractivity (Wildman–Crippen MR) is 238 cm³/mol. The number of aliphatic carboxylic acids is 1. The summed E-state index contributed by atoms with van der Waals surface area (Å²) >= 11 is 0. The van der Waals surface area contributed by atoms with Crippen LogP contribution < -0.4 is 0 Å². The van der Waals surface area contributed by atoms with Gasteiger partial charge in [-0.05, 0) is 76.0 Å². The fourth-order valence-electron chi connectivity index (χ4n) is 7.38. The van der Waals surface area contributed by atoms with Crippen molar-refractivity contribution in [3.05, 3.63) is 73.3 Å². The zero-order valence-corrected chi connectivity index (χ0v) is 37.1.